The van der Waals surface area contributed by atoms with E-state index in [0.717, 1.165) is 0 Å². The first-order valence-corrected chi connectivity index (χ1v) is 3.35. The molecule has 3 heteroatoms. The number of urea groups is 1. The maximum atomic E-state index is 9.00. The van der Waals surface area contributed by atoms with Crippen LogP contribution in [0.4, 0.5) is 4.79 Å². The number of rotatable bonds is 2. The highest BCUT2D eigenvalue weighted by Gasteiger charge is 1.61. The van der Waals surface area contributed by atoms with E-state index in [9.17, 15) is 0 Å². The van der Waals surface area contributed by atoms with Crippen LogP contribution < -0.4 is 11.5 Å². The Balaban J connectivity index is 0. The van der Waals surface area contributed by atoms with Crippen molar-refractivity contribution in [2.75, 3.05) is 0 Å². The molecule has 60 valence electrons. The number of amides is 2. The molecule has 0 aromatic carbocycles. The summed E-state index contributed by atoms with van der Waals surface area (Å²) in [5.74, 6) is 0. The van der Waals surface area contributed by atoms with Crippen molar-refractivity contribution in [3.63, 3.8) is 0 Å². The average molecular weight is 144 g/mol. The van der Waals surface area contributed by atoms with Gasteiger partial charge in [-0.15, -0.1) is 0 Å². The monoisotopic (exact) mass is 144 g/mol. The van der Waals surface area contributed by atoms with Crippen molar-refractivity contribution in [3.8, 4) is 0 Å². The molecule has 0 atom stereocenters. The van der Waals surface area contributed by atoms with E-state index in [1.807, 2.05) is 0 Å². The molecule has 0 aliphatic carbocycles. The molecule has 10 heavy (non-hydrogen) atoms. The molecule has 0 saturated carbocycles. The first-order chi connectivity index (χ1) is 4.65. The molecule has 4 N–H and O–H groups in total. The summed E-state index contributed by atoms with van der Waals surface area (Å²) in [5, 5.41) is 0. The molecule has 0 rings (SSSR count). The van der Waals surface area contributed by atoms with Crippen LogP contribution >= 0.6 is 0 Å². The van der Waals surface area contributed by atoms with Crippen molar-refractivity contribution in [1.82, 2.24) is 0 Å². The summed E-state index contributed by atoms with van der Waals surface area (Å²) in [6, 6.07) is -0.833. The van der Waals surface area contributed by atoms with Gasteiger partial charge in [-0.2, -0.15) is 0 Å². The van der Waals surface area contributed by atoms with Crippen LogP contribution in [0.1, 0.15) is 26.7 Å². The van der Waals surface area contributed by atoms with Gasteiger partial charge in [-0.1, -0.05) is 26.0 Å². The smallest absolute Gasteiger partial charge is 0.309 e. The molecule has 2 amide bonds. The van der Waals surface area contributed by atoms with Crippen LogP contribution in [-0.2, 0) is 0 Å². The van der Waals surface area contributed by atoms with Gasteiger partial charge < -0.3 is 11.5 Å². The zero-order valence-corrected chi connectivity index (χ0v) is 6.63. The van der Waals surface area contributed by atoms with Crippen LogP contribution in [0.2, 0.25) is 0 Å². The predicted molar refractivity (Wildman–Crippen MR) is 43.5 cm³/mol. The third-order valence-corrected chi connectivity index (χ3v) is 0.638. The minimum absolute atomic E-state index is 0.833. The second-order valence-corrected chi connectivity index (χ2v) is 1.69. The molecular formula is C7H16N2O. The van der Waals surface area contributed by atoms with Gasteiger partial charge in [0.2, 0.25) is 0 Å². The zero-order valence-electron chi connectivity index (χ0n) is 6.63. The van der Waals surface area contributed by atoms with E-state index in [1.54, 1.807) is 0 Å². The van der Waals surface area contributed by atoms with Gasteiger partial charge in [0.15, 0.2) is 0 Å². The first kappa shape index (κ1) is 11.8. The second kappa shape index (κ2) is 10.9. The predicted octanol–water partition coefficient (Wildman–Crippen LogP) is 1.39. The fourth-order valence-electron chi connectivity index (χ4n) is 0.333. The minimum Gasteiger partial charge on any atom is -0.352 e. The molecule has 0 fully saturated rings. The lowest BCUT2D eigenvalue weighted by atomic mass is 10.4. The highest BCUT2D eigenvalue weighted by Crippen LogP contribution is 1.81. The van der Waals surface area contributed by atoms with Crippen molar-refractivity contribution in [2.24, 2.45) is 11.5 Å². The van der Waals surface area contributed by atoms with E-state index >= 15 is 0 Å². The van der Waals surface area contributed by atoms with Gasteiger partial charge in [0.1, 0.15) is 0 Å². The maximum absolute atomic E-state index is 9.00. The quantitative estimate of drug-likeness (QED) is 0.565. The third kappa shape index (κ3) is 62.7. The summed E-state index contributed by atoms with van der Waals surface area (Å²) < 4.78 is 0. The molecule has 0 aromatic rings. The second-order valence-electron chi connectivity index (χ2n) is 1.69. The number of allylic oxidation sites excluding steroid dienone is 2. The van der Waals surface area contributed by atoms with E-state index in [-0.39, 0.29) is 0 Å². The van der Waals surface area contributed by atoms with E-state index in [0.29, 0.717) is 0 Å². The van der Waals surface area contributed by atoms with Gasteiger partial charge in [-0.3, -0.25) is 0 Å². The first-order valence-electron chi connectivity index (χ1n) is 3.35. The summed E-state index contributed by atoms with van der Waals surface area (Å²) in [7, 11) is 0. The molecule has 0 bridgehead atoms. The summed E-state index contributed by atoms with van der Waals surface area (Å²) in [5.41, 5.74) is 8.50. The maximum Gasteiger partial charge on any atom is 0.309 e. The summed E-state index contributed by atoms with van der Waals surface area (Å²) in [4.78, 5) is 9.00. The Morgan fingerprint density at radius 2 is 1.40 bits per heavy atom. The fraction of sp³-hybridized carbons (Fsp3) is 0.571. The van der Waals surface area contributed by atoms with Crippen LogP contribution in [-0.4, -0.2) is 6.03 Å². The van der Waals surface area contributed by atoms with E-state index in [1.165, 1.54) is 12.8 Å². The lowest BCUT2D eigenvalue weighted by Crippen LogP contribution is -2.18. The molecule has 0 heterocycles. The van der Waals surface area contributed by atoms with Gasteiger partial charge in [-0.05, 0) is 12.8 Å². The zero-order chi connectivity index (χ0) is 8.41. The number of nitrogens with two attached hydrogens (primary N) is 2. The molecule has 0 spiro atoms. The average Bonchev–Trinajstić information content (AvgIpc) is 1.82. The fourth-order valence-corrected chi connectivity index (χ4v) is 0.333. The number of carbonyl (C=O) groups excluding carboxylic acids is 1. The minimum atomic E-state index is -0.833. The van der Waals surface area contributed by atoms with Gasteiger partial charge in [0.05, 0.1) is 0 Å². The lowest BCUT2D eigenvalue weighted by Gasteiger charge is -1.72. The van der Waals surface area contributed by atoms with E-state index < -0.39 is 6.03 Å². The molecule has 0 saturated heterocycles. The van der Waals surface area contributed by atoms with Crippen LogP contribution in [0, 0.1) is 0 Å². The Bertz CT molecular complexity index is 89.8. The number of primary amides is 2. The SMILES string of the molecule is CCC=CCC.NC(N)=O. The van der Waals surface area contributed by atoms with Crippen LogP contribution in [0.15, 0.2) is 12.2 Å². The number of carbonyl (C=O) groups is 1. The molecule has 3 nitrogen and oxygen atoms in total. The Kier molecular flexibility index (Phi) is 12.8. The Morgan fingerprint density at radius 3 is 1.50 bits per heavy atom. The highest BCUT2D eigenvalue weighted by atomic mass is 16.2. The highest BCUT2D eigenvalue weighted by molar-refractivity contribution is 5.69. The van der Waals surface area contributed by atoms with Gasteiger partial charge >= 0.3 is 6.03 Å². The summed E-state index contributed by atoms with van der Waals surface area (Å²) in [6.45, 7) is 4.29. The molecule has 0 aromatic heterocycles. The molecular weight excluding hydrogens is 128 g/mol. The molecule has 0 radical (unpaired) electrons. The third-order valence-electron chi connectivity index (χ3n) is 0.638. The lowest BCUT2D eigenvalue weighted by molar-refractivity contribution is 0.256. The van der Waals surface area contributed by atoms with E-state index in [4.69, 9.17) is 4.79 Å². The normalized spacial score (nSPS) is 8.60. The van der Waals surface area contributed by atoms with Crippen molar-refractivity contribution in [3.05, 3.63) is 12.2 Å². The van der Waals surface area contributed by atoms with E-state index in [2.05, 4.69) is 37.5 Å². The van der Waals surface area contributed by atoms with Gasteiger partial charge in [-0.25, -0.2) is 4.79 Å². The standard InChI is InChI=1S/C6H12.CH4N2O/c1-3-5-6-4-2;2-1(3)4/h5-6H,3-4H2,1-2H3;(H4,2,3,4). The molecule has 0 unspecified atom stereocenters. The van der Waals surface area contributed by atoms with Crippen molar-refractivity contribution < 1.29 is 4.79 Å². The largest absolute Gasteiger partial charge is 0.352 e. The Labute approximate surface area is 62.1 Å². The van der Waals surface area contributed by atoms with Crippen LogP contribution in [0.3, 0.4) is 0 Å². The number of hydrogen-bond acceptors (Lipinski definition) is 1. The summed E-state index contributed by atoms with van der Waals surface area (Å²) in [6.07, 6.45) is 6.71. The van der Waals surface area contributed by atoms with Crippen molar-refractivity contribution in [2.45, 2.75) is 26.7 Å². The Morgan fingerprint density at radius 1 is 1.20 bits per heavy atom. The molecule has 0 aliphatic rings. The van der Waals surface area contributed by atoms with Gasteiger partial charge in [0.25, 0.3) is 0 Å². The molecule has 0 aliphatic heterocycles. The number of hydrogen-bond donors (Lipinski definition) is 2. The Hall–Kier alpha value is -0.990. The van der Waals surface area contributed by atoms with Crippen LogP contribution in [0.25, 0.3) is 0 Å². The van der Waals surface area contributed by atoms with Crippen molar-refractivity contribution >= 4 is 6.03 Å². The van der Waals surface area contributed by atoms with Crippen LogP contribution in [0.5, 0.6) is 0 Å². The van der Waals surface area contributed by atoms with Gasteiger partial charge in [0, 0.05) is 0 Å². The summed E-state index contributed by atoms with van der Waals surface area (Å²) >= 11 is 0. The van der Waals surface area contributed by atoms with Crippen molar-refractivity contribution in [1.29, 1.82) is 0 Å². The topological polar surface area (TPSA) is 69.1 Å².